The van der Waals surface area contributed by atoms with Gasteiger partial charge in [-0.25, -0.2) is 4.98 Å². The molecule has 1 saturated heterocycles. The maximum Gasteiger partial charge on any atom is 0.309 e. The number of carboxylic acid groups (broad SMARTS) is 1. The molecule has 1 aromatic heterocycles. The first-order valence-electron chi connectivity index (χ1n) is 6.60. The van der Waals surface area contributed by atoms with E-state index in [0.29, 0.717) is 38.0 Å². The Labute approximate surface area is 111 Å². The maximum absolute atomic E-state index is 12.1. The maximum atomic E-state index is 12.1. The summed E-state index contributed by atoms with van der Waals surface area (Å²) in [5, 5.41) is 9.41. The smallest absolute Gasteiger partial charge is 0.309 e. The number of aromatic amines is 1. The first-order chi connectivity index (χ1) is 9.09. The molecule has 0 saturated carbocycles. The largest absolute Gasteiger partial charge is 0.481 e. The van der Waals surface area contributed by atoms with Gasteiger partial charge in [-0.15, -0.1) is 0 Å². The number of nitrogens with zero attached hydrogens (tertiary/aromatic N) is 2. The zero-order valence-electron chi connectivity index (χ0n) is 11.1. The lowest BCUT2D eigenvalue weighted by atomic mass is 9.75. The van der Waals surface area contributed by atoms with Crippen LogP contribution in [0.2, 0.25) is 0 Å². The molecule has 6 nitrogen and oxygen atoms in total. The fourth-order valence-electron chi connectivity index (χ4n) is 2.73. The minimum Gasteiger partial charge on any atom is -0.481 e. The van der Waals surface area contributed by atoms with Crippen molar-refractivity contribution in [3.63, 3.8) is 0 Å². The van der Waals surface area contributed by atoms with Crippen molar-refractivity contribution in [2.75, 3.05) is 13.1 Å². The van der Waals surface area contributed by atoms with Crippen molar-refractivity contribution in [2.45, 2.75) is 32.6 Å². The molecular weight excluding hydrogens is 246 g/mol. The molecule has 1 amide bonds. The van der Waals surface area contributed by atoms with Gasteiger partial charge in [-0.1, -0.05) is 13.3 Å². The number of carbonyl (C=O) groups excluding carboxylic acids is 1. The molecule has 0 bridgehead atoms. The quantitative estimate of drug-likeness (QED) is 0.864. The van der Waals surface area contributed by atoms with E-state index in [4.69, 9.17) is 0 Å². The van der Waals surface area contributed by atoms with Gasteiger partial charge < -0.3 is 15.0 Å². The molecule has 0 aromatic carbocycles. The molecule has 6 heteroatoms. The van der Waals surface area contributed by atoms with Crippen molar-refractivity contribution in [3.8, 4) is 0 Å². The topological polar surface area (TPSA) is 86.3 Å². The predicted molar refractivity (Wildman–Crippen MR) is 68.7 cm³/mol. The molecule has 104 valence electrons. The number of aliphatic carboxylic acids is 1. The summed E-state index contributed by atoms with van der Waals surface area (Å²) in [5.74, 6) is -0.837. The number of rotatable bonds is 4. The van der Waals surface area contributed by atoms with Crippen molar-refractivity contribution >= 4 is 11.9 Å². The summed E-state index contributed by atoms with van der Waals surface area (Å²) in [6, 6.07) is 0. The van der Waals surface area contributed by atoms with Gasteiger partial charge in [0.05, 0.1) is 17.9 Å². The van der Waals surface area contributed by atoms with Crippen LogP contribution in [0, 0.1) is 5.41 Å². The Kier molecular flexibility index (Phi) is 3.87. The van der Waals surface area contributed by atoms with Crippen molar-refractivity contribution < 1.29 is 14.7 Å². The Morgan fingerprint density at radius 2 is 2.16 bits per heavy atom. The molecule has 0 radical (unpaired) electrons. The van der Waals surface area contributed by atoms with Crippen molar-refractivity contribution in [2.24, 2.45) is 5.41 Å². The minimum atomic E-state index is -0.733. The van der Waals surface area contributed by atoms with Gasteiger partial charge in [-0.3, -0.25) is 9.59 Å². The Bertz CT molecular complexity index is 448. The Balaban J connectivity index is 2.02. The third-order valence-corrected chi connectivity index (χ3v) is 3.92. The molecular formula is C13H19N3O3. The van der Waals surface area contributed by atoms with E-state index in [9.17, 15) is 14.7 Å². The van der Waals surface area contributed by atoms with Crippen LogP contribution in [0.4, 0.5) is 0 Å². The average Bonchev–Trinajstić information content (AvgIpc) is 2.93. The molecule has 1 aliphatic heterocycles. The van der Waals surface area contributed by atoms with Gasteiger partial charge in [-0.2, -0.15) is 0 Å². The summed E-state index contributed by atoms with van der Waals surface area (Å²) in [6.07, 6.45) is 5.53. The number of hydrogen-bond acceptors (Lipinski definition) is 3. The number of likely N-dealkylation sites (tertiary alicyclic amines) is 1. The van der Waals surface area contributed by atoms with E-state index in [1.165, 1.54) is 12.5 Å². The highest BCUT2D eigenvalue weighted by molar-refractivity contribution is 5.92. The Hall–Kier alpha value is -1.85. The summed E-state index contributed by atoms with van der Waals surface area (Å²) >= 11 is 0. The number of nitrogens with one attached hydrogen (secondary N) is 1. The van der Waals surface area contributed by atoms with E-state index in [1.54, 1.807) is 4.90 Å². The number of aromatic nitrogens is 2. The number of carbonyl (C=O) groups is 2. The van der Waals surface area contributed by atoms with Crippen LogP contribution in [-0.4, -0.2) is 44.9 Å². The van der Waals surface area contributed by atoms with E-state index in [0.717, 1.165) is 6.42 Å². The molecule has 0 unspecified atom stereocenters. The monoisotopic (exact) mass is 265 g/mol. The van der Waals surface area contributed by atoms with E-state index in [1.807, 2.05) is 6.92 Å². The van der Waals surface area contributed by atoms with Crippen molar-refractivity contribution in [1.29, 1.82) is 0 Å². The molecule has 0 atom stereocenters. The van der Waals surface area contributed by atoms with Crippen molar-refractivity contribution in [3.05, 3.63) is 18.2 Å². The highest BCUT2D eigenvalue weighted by Gasteiger charge is 2.41. The molecule has 2 rings (SSSR count). The molecule has 0 spiro atoms. The van der Waals surface area contributed by atoms with Crippen LogP contribution in [0.5, 0.6) is 0 Å². The number of amides is 1. The first-order valence-corrected chi connectivity index (χ1v) is 6.60. The average molecular weight is 265 g/mol. The van der Waals surface area contributed by atoms with Crippen LogP contribution in [-0.2, 0) is 4.79 Å². The van der Waals surface area contributed by atoms with E-state index < -0.39 is 11.4 Å². The normalized spacial score (nSPS) is 18.3. The highest BCUT2D eigenvalue weighted by Crippen LogP contribution is 2.36. The van der Waals surface area contributed by atoms with Gasteiger partial charge in [0.25, 0.3) is 5.91 Å². The fraction of sp³-hybridized carbons (Fsp3) is 0.615. The summed E-state index contributed by atoms with van der Waals surface area (Å²) in [5.41, 5.74) is -0.196. The second-order valence-corrected chi connectivity index (χ2v) is 5.09. The lowest BCUT2D eigenvalue weighted by Crippen LogP contribution is -2.46. The Morgan fingerprint density at radius 3 is 2.63 bits per heavy atom. The highest BCUT2D eigenvalue weighted by atomic mass is 16.4. The SMILES string of the molecule is CCCC1(C(=O)O)CCN(C(=O)c2cnc[nH]2)CC1. The van der Waals surface area contributed by atoms with Crippen molar-refractivity contribution in [1.82, 2.24) is 14.9 Å². The number of hydrogen-bond donors (Lipinski definition) is 2. The van der Waals surface area contributed by atoms with Crippen LogP contribution < -0.4 is 0 Å². The lowest BCUT2D eigenvalue weighted by molar-refractivity contribution is -0.152. The fourth-order valence-corrected chi connectivity index (χ4v) is 2.73. The minimum absolute atomic E-state index is 0.104. The summed E-state index contributed by atoms with van der Waals surface area (Å²) in [4.78, 5) is 31.9. The van der Waals surface area contributed by atoms with Crippen LogP contribution in [0.1, 0.15) is 43.1 Å². The molecule has 1 fully saturated rings. The lowest BCUT2D eigenvalue weighted by Gasteiger charge is -2.38. The van der Waals surface area contributed by atoms with E-state index >= 15 is 0 Å². The molecule has 1 aliphatic rings. The standard InChI is InChI=1S/C13H19N3O3/c1-2-3-13(12(18)19)4-6-16(7-5-13)11(17)10-8-14-9-15-10/h8-9H,2-7H2,1H3,(H,14,15)(H,18,19). The number of H-pyrrole nitrogens is 1. The summed E-state index contributed by atoms with van der Waals surface area (Å²) in [7, 11) is 0. The number of piperidine rings is 1. The second kappa shape index (κ2) is 5.42. The van der Waals surface area contributed by atoms with E-state index in [-0.39, 0.29) is 5.91 Å². The molecule has 19 heavy (non-hydrogen) atoms. The van der Waals surface area contributed by atoms with Gasteiger partial charge in [0, 0.05) is 13.1 Å². The summed E-state index contributed by atoms with van der Waals surface area (Å²) < 4.78 is 0. The van der Waals surface area contributed by atoms with Gasteiger partial charge in [0.15, 0.2) is 0 Å². The van der Waals surface area contributed by atoms with Gasteiger partial charge in [-0.05, 0) is 19.3 Å². The van der Waals surface area contributed by atoms with Crippen LogP contribution in [0.25, 0.3) is 0 Å². The van der Waals surface area contributed by atoms with Crippen LogP contribution >= 0.6 is 0 Å². The molecule has 0 aliphatic carbocycles. The third-order valence-electron chi connectivity index (χ3n) is 3.92. The van der Waals surface area contributed by atoms with Crippen LogP contribution in [0.15, 0.2) is 12.5 Å². The second-order valence-electron chi connectivity index (χ2n) is 5.09. The first kappa shape index (κ1) is 13.6. The predicted octanol–water partition coefficient (Wildman–Crippen LogP) is 1.52. The van der Waals surface area contributed by atoms with Gasteiger partial charge >= 0.3 is 5.97 Å². The third kappa shape index (κ3) is 2.62. The number of imidazole rings is 1. The number of carboxylic acids is 1. The van der Waals surface area contributed by atoms with Gasteiger partial charge in [0.1, 0.15) is 5.69 Å². The summed E-state index contributed by atoms with van der Waals surface area (Å²) in [6.45, 7) is 2.97. The molecule has 1 aromatic rings. The van der Waals surface area contributed by atoms with Gasteiger partial charge in [0.2, 0.25) is 0 Å². The molecule has 2 N–H and O–H groups in total. The molecule has 2 heterocycles. The zero-order chi connectivity index (χ0) is 13.9. The van der Waals surface area contributed by atoms with Crippen LogP contribution in [0.3, 0.4) is 0 Å². The zero-order valence-corrected chi connectivity index (χ0v) is 11.1. The Morgan fingerprint density at radius 1 is 1.47 bits per heavy atom. The van der Waals surface area contributed by atoms with E-state index in [2.05, 4.69) is 9.97 Å².